The van der Waals surface area contributed by atoms with Crippen molar-refractivity contribution in [2.45, 2.75) is 45.1 Å². The Morgan fingerprint density at radius 2 is 1.87 bits per heavy atom. The average molecular weight is 210 g/mol. The zero-order valence-electron chi connectivity index (χ0n) is 9.54. The van der Waals surface area contributed by atoms with Gasteiger partial charge in [-0.05, 0) is 50.5 Å². The fourth-order valence-corrected chi connectivity index (χ4v) is 2.22. The van der Waals surface area contributed by atoms with Crippen LogP contribution in [-0.2, 0) is 4.79 Å². The lowest BCUT2D eigenvalue weighted by atomic mass is 10.0. The Bertz CT molecular complexity index is 222. The van der Waals surface area contributed by atoms with Gasteiger partial charge in [-0.15, -0.1) is 0 Å². The van der Waals surface area contributed by atoms with Crippen molar-refractivity contribution < 1.29 is 4.79 Å². The third-order valence-electron chi connectivity index (χ3n) is 3.62. The van der Waals surface area contributed by atoms with Gasteiger partial charge in [-0.1, -0.05) is 6.92 Å². The van der Waals surface area contributed by atoms with Crippen LogP contribution in [0.3, 0.4) is 0 Å². The highest BCUT2D eigenvalue weighted by Gasteiger charge is 2.42. The van der Waals surface area contributed by atoms with Crippen molar-refractivity contribution in [1.82, 2.24) is 5.32 Å². The molecule has 0 aliphatic heterocycles. The van der Waals surface area contributed by atoms with E-state index in [1.807, 2.05) is 6.92 Å². The zero-order valence-corrected chi connectivity index (χ0v) is 9.54. The van der Waals surface area contributed by atoms with Crippen LogP contribution in [0.1, 0.15) is 39.0 Å². The molecule has 0 aromatic rings. The van der Waals surface area contributed by atoms with E-state index in [-0.39, 0.29) is 11.8 Å². The first-order chi connectivity index (χ1) is 7.22. The molecule has 2 rings (SSSR count). The Hall–Kier alpha value is -0.570. The molecule has 2 saturated carbocycles. The van der Waals surface area contributed by atoms with Gasteiger partial charge in [0.25, 0.3) is 0 Å². The first-order valence-electron chi connectivity index (χ1n) is 6.22. The van der Waals surface area contributed by atoms with E-state index < -0.39 is 0 Å². The SMILES string of the molecule is CC(CCN)C(=O)NC(C1CC1)C1CC1. The van der Waals surface area contributed by atoms with Gasteiger partial charge in [0.1, 0.15) is 0 Å². The summed E-state index contributed by atoms with van der Waals surface area (Å²) >= 11 is 0. The number of nitrogens with two attached hydrogens (primary N) is 1. The van der Waals surface area contributed by atoms with Crippen molar-refractivity contribution in [2.75, 3.05) is 6.54 Å². The van der Waals surface area contributed by atoms with Crippen LogP contribution >= 0.6 is 0 Å². The highest BCUT2D eigenvalue weighted by atomic mass is 16.1. The quantitative estimate of drug-likeness (QED) is 0.694. The molecule has 1 amide bonds. The van der Waals surface area contributed by atoms with Crippen molar-refractivity contribution >= 4 is 5.91 Å². The number of amides is 1. The van der Waals surface area contributed by atoms with E-state index in [0.29, 0.717) is 12.6 Å². The zero-order chi connectivity index (χ0) is 10.8. The normalized spacial score (nSPS) is 22.9. The Morgan fingerprint density at radius 3 is 2.27 bits per heavy atom. The Morgan fingerprint density at radius 1 is 1.33 bits per heavy atom. The van der Waals surface area contributed by atoms with E-state index in [2.05, 4.69) is 5.32 Å². The summed E-state index contributed by atoms with van der Waals surface area (Å²) in [7, 11) is 0. The maximum atomic E-state index is 11.8. The molecule has 3 nitrogen and oxygen atoms in total. The minimum atomic E-state index is 0.0787. The van der Waals surface area contributed by atoms with Gasteiger partial charge in [-0.3, -0.25) is 4.79 Å². The summed E-state index contributed by atoms with van der Waals surface area (Å²) in [5.74, 6) is 1.86. The minimum Gasteiger partial charge on any atom is -0.353 e. The van der Waals surface area contributed by atoms with Gasteiger partial charge in [-0.25, -0.2) is 0 Å². The van der Waals surface area contributed by atoms with Crippen LogP contribution in [0.5, 0.6) is 0 Å². The van der Waals surface area contributed by atoms with Gasteiger partial charge in [0.2, 0.25) is 5.91 Å². The molecule has 0 bridgehead atoms. The summed E-state index contributed by atoms with van der Waals surface area (Å²) in [6.07, 6.45) is 6.05. The van der Waals surface area contributed by atoms with E-state index in [1.165, 1.54) is 25.7 Å². The van der Waals surface area contributed by atoms with Gasteiger partial charge in [-0.2, -0.15) is 0 Å². The summed E-state index contributed by atoms with van der Waals surface area (Å²) in [6.45, 7) is 2.57. The third kappa shape index (κ3) is 2.94. The molecule has 86 valence electrons. The van der Waals surface area contributed by atoms with Gasteiger partial charge >= 0.3 is 0 Å². The molecule has 1 atom stereocenters. The minimum absolute atomic E-state index is 0.0787. The summed E-state index contributed by atoms with van der Waals surface area (Å²) in [5.41, 5.74) is 5.46. The van der Waals surface area contributed by atoms with E-state index in [0.717, 1.165) is 18.3 Å². The molecule has 2 fully saturated rings. The van der Waals surface area contributed by atoms with Crippen LogP contribution in [0.4, 0.5) is 0 Å². The van der Waals surface area contributed by atoms with Gasteiger partial charge in [0, 0.05) is 12.0 Å². The van der Waals surface area contributed by atoms with Crippen molar-refractivity contribution in [3.05, 3.63) is 0 Å². The van der Waals surface area contributed by atoms with E-state index in [1.54, 1.807) is 0 Å². The topological polar surface area (TPSA) is 55.1 Å². The molecule has 0 aromatic heterocycles. The van der Waals surface area contributed by atoms with E-state index >= 15 is 0 Å². The van der Waals surface area contributed by atoms with E-state index in [9.17, 15) is 4.79 Å². The molecule has 0 saturated heterocycles. The average Bonchev–Trinajstić information content (AvgIpc) is 3.03. The maximum absolute atomic E-state index is 11.8. The Labute approximate surface area is 91.8 Å². The lowest BCUT2D eigenvalue weighted by Gasteiger charge is -2.20. The van der Waals surface area contributed by atoms with Crippen LogP contribution in [-0.4, -0.2) is 18.5 Å². The fourth-order valence-electron chi connectivity index (χ4n) is 2.22. The second kappa shape index (κ2) is 4.52. The molecule has 2 aliphatic rings. The molecule has 3 heteroatoms. The Balaban J connectivity index is 1.80. The fraction of sp³-hybridized carbons (Fsp3) is 0.917. The second-order valence-corrected chi connectivity index (χ2v) is 5.19. The highest BCUT2D eigenvalue weighted by molar-refractivity contribution is 5.78. The third-order valence-corrected chi connectivity index (χ3v) is 3.62. The van der Waals surface area contributed by atoms with Crippen LogP contribution in [0, 0.1) is 17.8 Å². The smallest absolute Gasteiger partial charge is 0.223 e. The monoisotopic (exact) mass is 210 g/mol. The number of rotatable bonds is 6. The number of hydrogen-bond donors (Lipinski definition) is 2. The standard InChI is InChI=1S/C12H22N2O/c1-8(6-7-13)12(15)14-11(9-2-3-9)10-4-5-10/h8-11H,2-7,13H2,1H3,(H,14,15). The summed E-state index contributed by atoms with van der Waals surface area (Å²) in [4.78, 5) is 11.8. The molecule has 3 N–H and O–H groups in total. The molecule has 0 aromatic carbocycles. The molecular weight excluding hydrogens is 188 g/mol. The summed E-state index contributed by atoms with van der Waals surface area (Å²) < 4.78 is 0. The van der Waals surface area contributed by atoms with Gasteiger partial charge in [0.05, 0.1) is 0 Å². The molecule has 2 aliphatic carbocycles. The van der Waals surface area contributed by atoms with Crippen molar-refractivity contribution in [2.24, 2.45) is 23.5 Å². The lowest BCUT2D eigenvalue weighted by Crippen LogP contribution is -2.41. The lowest BCUT2D eigenvalue weighted by molar-refractivity contribution is -0.125. The molecular formula is C12H22N2O. The first-order valence-corrected chi connectivity index (χ1v) is 6.22. The predicted molar refractivity (Wildman–Crippen MR) is 60.2 cm³/mol. The number of carbonyl (C=O) groups is 1. The molecule has 0 spiro atoms. The number of carbonyl (C=O) groups excluding carboxylic acids is 1. The summed E-state index contributed by atoms with van der Waals surface area (Å²) in [5, 5.41) is 3.23. The largest absolute Gasteiger partial charge is 0.353 e. The second-order valence-electron chi connectivity index (χ2n) is 5.19. The van der Waals surface area contributed by atoms with Crippen molar-refractivity contribution in [3.8, 4) is 0 Å². The molecule has 0 radical (unpaired) electrons. The first kappa shape index (κ1) is 10.9. The van der Waals surface area contributed by atoms with Crippen LogP contribution in [0.15, 0.2) is 0 Å². The summed E-state index contributed by atoms with van der Waals surface area (Å²) in [6, 6.07) is 0.484. The van der Waals surface area contributed by atoms with Crippen LogP contribution in [0.25, 0.3) is 0 Å². The van der Waals surface area contributed by atoms with Gasteiger partial charge in [0.15, 0.2) is 0 Å². The number of hydrogen-bond acceptors (Lipinski definition) is 2. The maximum Gasteiger partial charge on any atom is 0.223 e. The molecule has 1 unspecified atom stereocenters. The predicted octanol–water partition coefficient (Wildman–Crippen LogP) is 1.28. The molecule has 15 heavy (non-hydrogen) atoms. The number of nitrogens with one attached hydrogen (secondary N) is 1. The van der Waals surface area contributed by atoms with Crippen molar-refractivity contribution in [3.63, 3.8) is 0 Å². The molecule has 0 heterocycles. The van der Waals surface area contributed by atoms with Crippen LogP contribution in [0.2, 0.25) is 0 Å². The van der Waals surface area contributed by atoms with Crippen LogP contribution < -0.4 is 11.1 Å². The Kier molecular flexibility index (Phi) is 3.29. The van der Waals surface area contributed by atoms with Crippen molar-refractivity contribution in [1.29, 1.82) is 0 Å². The highest BCUT2D eigenvalue weighted by Crippen LogP contribution is 2.44. The van der Waals surface area contributed by atoms with Gasteiger partial charge < -0.3 is 11.1 Å². The van der Waals surface area contributed by atoms with E-state index in [4.69, 9.17) is 5.73 Å².